The lowest BCUT2D eigenvalue weighted by molar-refractivity contribution is -0.140. The summed E-state index contributed by atoms with van der Waals surface area (Å²) in [5.41, 5.74) is 6.94. The number of nitrogens with two attached hydrogens (primary N) is 1. The van der Waals surface area contributed by atoms with Gasteiger partial charge in [0.05, 0.1) is 12.1 Å². The van der Waals surface area contributed by atoms with Gasteiger partial charge in [0.25, 0.3) is 0 Å². The molecule has 1 saturated carbocycles. The van der Waals surface area contributed by atoms with Gasteiger partial charge in [-0.2, -0.15) is 0 Å². The van der Waals surface area contributed by atoms with Crippen molar-refractivity contribution in [3.63, 3.8) is 0 Å². The van der Waals surface area contributed by atoms with E-state index in [9.17, 15) is 0 Å². The fraction of sp³-hybridized carbons (Fsp3) is 1.00. The Hall–Kier alpha value is -0.120. The van der Waals surface area contributed by atoms with Crippen molar-refractivity contribution in [2.24, 2.45) is 17.1 Å². The molecule has 1 aliphatic carbocycles. The molecule has 2 N–H and O–H groups in total. The highest BCUT2D eigenvalue weighted by Gasteiger charge is 2.58. The van der Waals surface area contributed by atoms with E-state index in [1.54, 1.807) is 0 Å². The molecule has 3 fully saturated rings. The molecule has 2 aliphatic heterocycles. The topological polar surface area (TPSA) is 38.5 Å². The summed E-state index contributed by atoms with van der Waals surface area (Å²) in [6.07, 6.45) is 7.04. The van der Waals surface area contributed by atoms with Crippen LogP contribution in [0.3, 0.4) is 0 Å². The second-order valence-electron chi connectivity index (χ2n) is 6.76. The quantitative estimate of drug-likeness (QED) is 0.813. The van der Waals surface area contributed by atoms with Crippen molar-refractivity contribution in [1.29, 1.82) is 0 Å². The summed E-state index contributed by atoms with van der Waals surface area (Å²) >= 11 is 0. The first kappa shape index (κ1) is 12.9. The van der Waals surface area contributed by atoms with Crippen LogP contribution in [0.2, 0.25) is 0 Å². The summed E-state index contributed by atoms with van der Waals surface area (Å²) in [5, 5.41) is 0. The third-order valence-electron chi connectivity index (χ3n) is 5.47. The largest absolute Gasteiger partial charge is 0.376 e. The fourth-order valence-corrected chi connectivity index (χ4v) is 4.70. The van der Waals surface area contributed by atoms with Crippen LogP contribution < -0.4 is 5.73 Å². The summed E-state index contributed by atoms with van der Waals surface area (Å²) in [5.74, 6) is 0.655. The van der Waals surface area contributed by atoms with Gasteiger partial charge in [0.15, 0.2) is 0 Å². The minimum atomic E-state index is 0.374. The lowest BCUT2D eigenvalue weighted by atomic mass is 9.65. The van der Waals surface area contributed by atoms with Crippen LogP contribution >= 0.6 is 0 Å². The van der Waals surface area contributed by atoms with Gasteiger partial charge in [-0.05, 0) is 24.7 Å². The standard InChI is InChI=1S/C15H28N2O/c1-3-6-15(7-4-2)9-17(10-15)13-12(16)11-5-8-18-14(11)13/h11-14H,3-10,16H2,1-2H3. The number of hydrogen-bond acceptors (Lipinski definition) is 3. The van der Waals surface area contributed by atoms with Crippen LogP contribution in [0.1, 0.15) is 46.0 Å². The highest BCUT2D eigenvalue weighted by Crippen LogP contribution is 2.47. The van der Waals surface area contributed by atoms with Crippen LogP contribution in [0.4, 0.5) is 0 Å². The molecule has 4 atom stereocenters. The van der Waals surface area contributed by atoms with Crippen molar-refractivity contribution in [3.05, 3.63) is 0 Å². The molecule has 0 bridgehead atoms. The van der Waals surface area contributed by atoms with Crippen molar-refractivity contribution in [1.82, 2.24) is 4.90 Å². The normalized spacial score (nSPS) is 42.2. The van der Waals surface area contributed by atoms with E-state index in [1.165, 1.54) is 45.2 Å². The summed E-state index contributed by atoms with van der Waals surface area (Å²) < 4.78 is 5.86. The van der Waals surface area contributed by atoms with Crippen molar-refractivity contribution < 1.29 is 4.74 Å². The van der Waals surface area contributed by atoms with Crippen LogP contribution in [-0.4, -0.2) is 42.8 Å². The van der Waals surface area contributed by atoms with Crippen LogP contribution in [0.25, 0.3) is 0 Å². The zero-order valence-corrected chi connectivity index (χ0v) is 11.9. The molecular formula is C15H28N2O. The predicted octanol–water partition coefficient (Wildman–Crippen LogP) is 2.00. The molecular weight excluding hydrogens is 224 g/mol. The maximum absolute atomic E-state index is 6.33. The smallest absolute Gasteiger partial charge is 0.0789 e. The second kappa shape index (κ2) is 4.77. The first-order valence-corrected chi connectivity index (χ1v) is 7.82. The van der Waals surface area contributed by atoms with E-state index < -0.39 is 0 Å². The van der Waals surface area contributed by atoms with Crippen molar-refractivity contribution in [3.8, 4) is 0 Å². The molecule has 2 heterocycles. The first-order chi connectivity index (χ1) is 8.71. The van der Waals surface area contributed by atoms with E-state index in [4.69, 9.17) is 10.5 Å². The van der Waals surface area contributed by atoms with Gasteiger partial charge in [-0.25, -0.2) is 0 Å². The van der Waals surface area contributed by atoms with Crippen molar-refractivity contribution >= 4 is 0 Å². The average molecular weight is 252 g/mol. The molecule has 0 amide bonds. The molecule has 4 unspecified atom stereocenters. The van der Waals surface area contributed by atoms with Crippen molar-refractivity contribution in [2.45, 2.75) is 64.1 Å². The SMILES string of the molecule is CCCC1(CCC)CN(C2C(N)C3CCOC32)C1. The monoisotopic (exact) mass is 252 g/mol. The number of rotatable bonds is 5. The molecule has 3 aliphatic rings. The molecule has 3 nitrogen and oxygen atoms in total. The zero-order chi connectivity index (χ0) is 12.8. The average Bonchev–Trinajstić information content (AvgIpc) is 2.71. The lowest BCUT2D eigenvalue weighted by Crippen LogP contribution is -2.74. The summed E-state index contributed by atoms with van der Waals surface area (Å²) in [6, 6.07) is 0.901. The van der Waals surface area contributed by atoms with E-state index >= 15 is 0 Å². The molecule has 0 aromatic rings. The Morgan fingerprint density at radius 1 is 1.22 bits per heavy atom. The first-order valence-electron chi connectivity index (χ1n) is 7.82. The van der Waals surface area contributed by atoms with Crippen LogP contribution in [-0.2, 0) is 4.74 Å². The van der Waals surface area contributed by atoms with Gasteiger partial charge in [-0.3, -0.25) is 4.90 Å². The van der Waals surface area contributed by atoms with E-state index in [2.05, 4.69) is 18.7 Å². The molecule has 18 heavy (non-hydrogen) atoms. The Bertz CT molecular complexity index is 293. The number of likely N-dealkylation sites (tertiary alicyclic amines) is 1. The van der Waals surface area contributed by atoms with Gasteiger partial charge in [-0.1, -0.05) is 26.7 Å². The molecule has 104 valence electrons. The van der Waals surface area contributed by atoms with Gasteiger partial charge in [-0.15, -0.1) is 0 Å². The van der Waals surface area contributed by atoms with Crippen LogP contribution in [0.5, 0.6) is 0 Å². The Morgan fingerprint density at radius 2 is 1.89 bits per heavy atom. The number of ether oxygens (including phenoxy) is 1. The van der Waals surface area contributed by atoms with Crippen molar-refractivity contribution in [2.75, 3.05) is 19.7 Å². The summed E-state index contributed by atoms with van der Waals surface area (Å²) in [4.78, 5) is 2.61. The second-order valence-corrected chi connectivity index (χ2v) is 6.76. The Labute approximate surface area is 111 Å². The maximum Gasteiger partial charge on any atom is 0.0789 e. The number of fused-ring (bicyclic) bond motifs is 1. The molecule has 3 rings (SSSR count). The molecule has 3 heteroatoms. The number of nitrogens with zero attached hydrogens (tertiary/aromatic N) is 1. The number of hydrogen-bond donors (Lipinski definition) is 1. The van der Waals surface area contributed by atoms with Crippen LogP contribution in [0.15, 0.2) is 0 Å². The molecule has 2 saturated heterocycles. The molecule has 0 aromatic carbocycles. The highest BCUT2D eigenvalue weighted by atomic mass is 16.5. The minimum absolute atomic E-state index is 0.374. The summed E-state index contributed by atoms with van der Waals surface area (Å²) in [7, 11) is 0. The fourth-order valence-electron chi connectivity index (χ4n) is 4.70. The maximum atomic E-state index is 6.33. The highest BCUT2D eigenvalue weighted by molar-refractivity contribution is 5.13. The van der Waals surface area contributed by atoms with Gasteiger partial charge in [0, 0.05) is 31.7 Å². The Balaban J connectivity index is 1.57. The third kappa shape index (κ3) is 1.83. The molecule has 0 spiro atoms. The van der Waals surface area contributed by atoms with E-state index in [0.29, 0.717) is 29.5 Å². The lowest BCUT2D eigenvalue weighted by Gasteiger charge is -2.60. The van der Waals surface area contributed by atoms with Gasteiger partial charge < -0.3 is 10.5 Å². The van der Waals surface area contributed by atoms with E-state index in [-0.39, 0.29) is 0 Å². The zero-order valence-electron chi connectivity index (χ0n) is 11.9. The van der Waals surface area contributed by atoms with E-state index in [0.717, 1.165) is 6.61 Å². The van der Waals surface area contributed by atoms with Gasteiger partial charge in [0.2, 0.25) is 0 Å². The molecule has 0 aromatic heterocycles. The summed E-state index contributed by atoms with van der Waals surface area (Å²) in [6.45, 7) is 8.08. The predicted molar refractivity (Wildman–Crippen MR) is 73.4 cm³/mol. The van der Waals surface area contributed by atoms with Crippen LogP contribution in [0, 0.1) is 11.3 Å². The van der Waals surface area contributed by atoms with E-state index in [1.807, 2.05) is 0 Å². The Morgan fingerprint density at radius 3 is 2.50 bits per heavy atom. The van der Waals surface area contributed by atoms with Gasteiger partial charge >= 0.3 is 0 Å². The van der Waals surface area contributed by atoms with Gasteiger partial charge in [0.1, 0.15) is 0 Å². The Kier molecular flexibility index (Phi) is 3.41. The minimum Gasteiger partial charge on any atom is -0.376 e. The third-order valence-corrected chi connectivity index (χ3v) is 5.47. The molecule has 0 radical (unpaired) electrons.